The Morgan fingerprint density at radius 1 is 0.778 bits per heavy atom. The zero-order valence-electron chi connectivity index (χ0n) is 14.4. The molecule has 0 saturated carbocycles. The van der Waals surface area contributed by atoms with Crippen molar-refractivity contribution in [2.75, 3.05) is 5.32 Å². The summed E-state index contributed by atoms with van der Waals surface area (Å²) in [5, 5.41) is 7.15. The first-order chi connectivity index (χ1) is 13.3. The second kappa shape index (κ2) is 7.58. The minimum atomic E-state index is -0.325. The predicted octanol–water partition coefficient (Wildman–Crippen LogP) is 5.42. The number of para-hydroxylation sites is 1. The lowest BCUT2D eigenvalue weighted by molar-refractivity contribution is 0.251. The zero-order chi connectivity index (χ0) is 18.5. The number of hydrogen-bond acceptors (Lipinski definition) is 3. The number of anilines is 1. The van der Waals surface area contributed by atoms with Gasteiger partial charge < -0.3 is 10.1 Å². The van der Waals surface area contributed by atoms with Crippen molar-refractivity contribution in [3.63, 3.8) is 0 Å². The average Bonchev–Trinajstić information content (AvgIpc) is 3.21. The first-order valence-electron chi connectivity index (χ1n) is 8.53. The Morgan fingerprint density at radius 3 is 2.11 bits per heavy atom. The highest BCUT2D eigenvalue weighted by atomic mass is 16.5. The molecule has 0 unspecified atom stereocenters. The number of rotatable bonds is 4. The van der Waals surface area contributed by atoms with Crippen LogP contribution in [0.5, 0.6) is 11.5 Å². The molecule has 0 atom stereocenters. The summed E-state index contributed by atoms with van der Waals surface area (Å²) in [7, 11) is 0. The normalized spacial score (nSPS) is 10.4. The fraction of sp³-hybridized carbons (Fsp3) is 0. The third-order valence-electron chi connectivity index (χ3n) is 3.95. The summed E-state index contributed by atoms with van der Waals surface area (Å²) in [6.07, 6.45) is 1.64. The first kappa shape index (κ1) is 16.6. The number of carbonyl (C=O) groups excluding carboxylic acids is 1. The summed E-state index contributed by atoms with van der Waals surface area (Å²) < 4.78 is 7.03. The van der Waals surface area contributed by atoms with Crippen LogP contribution in [0.3, 0.4) is 0 Å². The van der Waals surface area contributed by atoms with Crippen molar-refractivity contribution in [2.45, 2.75) is 0 Å². The van der Waals surface area contributed by atoms with Crippen LogP contribution in [-0.2, 0) is 0 Å². The lowest BCUT2D eigenvalue weighted by atomic mass is 10.2. The minimum absolute atomic E-state index is 0.325. The van der Waals surface area contributed by atoms with Crippen LogP contribution in [-0.4, -0.2) is 15.8 Å². The number of aromatic nitrogens is 2. The van der Waals surface area contributed by atoms with Gasteiger partial charge in [0.05, 0.1) is 5.69 Å². The molecule has 5 heteroatoms. The first-order valence-corrected chi connectivity index (χ1v) is 8.53. The number of benzene rings is 3. The standard InChI is InChI=1S/C22H17N3O2/c26-22(25-16-15-21(24-25)17-7-3-1-4-8-17)23-18-11-13-20(14-12-18)27-19-9-5-2-6-10-19/h1-16H,(H,23,26). The molecular formula is C22H17N3O2. The highest BCUT2D eigenvalue weighted by Crippen LogP contribution is 2.23. The molecule has 4 aromatic rings. The molecule has 5 nitrogen and oxygen atoms in total. The molecule has 0 saturated heterocycles. The molecule has 1 heterocycles. The van der Waals surface area contributed by atoms with Gasteiger partial charge in [-0.05, 0) is 42.5 Å². The Hall–Kier alpha value is -3.86. The van der Waals surface area contributed by atoms with Gasteiger partial charge in [0.15, 0.2) is 0 Å². The van der Waals surface area contributed by atoms with Crippen molar-refractivity contribution in [3.8, 4) is 22.8 Å². The van der Waals surface area contributed by atoms with Crippen molar-refractivity contribution in [2.24, 2.45) is 0 Å². The Labute approximate surface area is 156 Å². The summed E-state index contributed by atoms with van der Waals surface area (Å²) in [5.74, 6) is 1.46. The number of carbonyl (C=O) groups is 1. The van der Waals surface area contributed by atoms with Gasteiger partial charge >= 0.3 is 6.03 Å². The van der Waals surface area contributed by atoms with Gasteiger partial charge in [0.25, 0.3) is 0 Å². The molecule has 0 bridgehead atoms. The third kappa shape index (κ3) is 4.04. The maximum Gasteiger partial charge on any atom is 0.346 e. The average molecular weight is 355 g/mol. The largest absolute Gasteiger partial charge is 0.457 e. The molecule has 1 aromatic heterocycles. The van der Waals surface area contributed by atoms with Gasteiger partial charge in [0.2, 0.25) is 0 Å². The maximum absolute atomic E-state index is 12.4. The predicted molar refractivity (Wildman–Crippen MR) is 105 cm³/mol. The molecule has 132 valence electrons. The van der Waals surface area contributed by atoms with Crippen molar-refractivity contribution < 1.29 is 9.53 Å². The van der Waals surface area contributed by atoms with E-state index in [1.54, 1.807) is 30.5 Å². The Bertz CT molecular complexity index is 1030. The number of amides is 1. The van der Waals surface area contributed by atoms with E-state index < -0.39 is 0 Å². The molecule has 1 N–H and O–H groups in total. The van der Waals surface area contributed by atoms with E-state index in [1.165, 1.54) is 4.68 Å². The van der Waals surface area contributed by atoms with E-state index in [-0.39, 0.29) is 6.03 Å². The van der Waals surface area contributed by atoms with Crippen molar-refractivity contribution in [1.29, 1.82) is 0 Å². The third-order valence-corrected chi connectivity index (χ3v) is 3.95. The van der Waals surface area contributed by atoms with Crippen LogP contribution in [0, 0.1) is 0 Å². The van der Waals surface area contributed by atoms with Crippen molar-refractivity contribution in [1.82, 2.24) is 9.78 Å². The smallest absolute Gasteiger partial charge is 0.346 e. The Kier molecular flexibility index (Phi) is 4.66. The molecular weight excluding hydrogens is 338 g/mol. The summed E-state index contributed by atoms with van der Waals surface area (Å²) in [4.78, 5) is 12.4. The summed E-state index contributed by atoms with van der Waals surface area (Å²) in [5.41, 5.74) is 2.38. The van der Waals surface area contributed by atoms with Crippen molar-refractivity contribution >= 4 is 11.7 Å². The summed E-state index contributed by atoms with van der Waals surface area (Å²) >= 11 is 0. The van der Waals surface area contributed by atoms with E-state index in [0.29, 0.717) is 11.4 Å². The quantitative estimate of drug-likeness (QED) is 0.531. The van der Waals surface area contributed by atoms with Crippen LogP contribution >= 0.6 is 0 Å². The number of nitrogens with zero attached hydrogens (tertiary/aromatic N) is 2. The van der Waals surface area contributed by atoms with Gasteiger partial charge in [-0.1, -0.05) is 48.5 Å². The van der Waals surface area contributed by atoms with E-state index in [1.807, 2.05) is 66.7 Å². The van der Waals surface area contributed by atoms with Crippen LogP contribution in [0.1, 0.15) is 0 Å². The van der Waals surface area contributed by atoms with Gasteiger partial charge in [0, 0.05) is 17.4 Å². The monoisotopic (exact) mass is 355 g/mol. The van der Waals surface area contributed by atoms with Crippen LogP contribution in [0.15, 0.2) is 97.2 Å². The van der Waals surface area contributed by atoms with Crippen LogP contribution in [0.4, 0.5) is 10.5 Å². The van der Waals surface area contributed by atoms with Gasteiger partial charge in [-0.3, -0.25) is 0 Å². The van der Waals surface area contributed by atoms with E-state index in [2.05, 4.69) is 10.4 Å². The molecule has 0 aliphatic rings. The number of ether oxygens (including phenoxy) is 1. The van der Waals surface area contributed by atoms with E-state index in [9.17, 15) is 4.79 Å². The molecule has 1 amide bonds. The van der Waals surface area contributed by atoms with Crippen molar-refractivity contribution in [3.05, 3.63) is 97.2 Å². The summed E-state index contributed by atoms with van der Waals surface area (Å²) in [6.45, 7) is 0. The van der Waals surface area contributed by atoms with Gasteiger partial charge in [-0.25, -0.2) is 4.79 Å². The second-order valence-electron chi connectivity index (χ2n) is 5.88. The number of nitrogens with one attached hydrogen (secondary N) is 1. The maximum atomic E-state index is 12.4. The fourth-order valence-electron chi connectivity index (χ4n) is 2.61. The zero-order valence-corrected chi connectivity index (χ0v) is 14.4. The van der Waals surface area contributed by atoms with E-state index in [4.69, 9.17) is 4.74 Å². The SMILES string of the molecule is O=C(Nc1ccc(Oc2ccccc2)cc1)n1ccc(-c2ccccc2)n1. The fourth-order valence-corrected chi connectivity index (χ4v) is 2.61. The molecule has 4 rings (SSSR count). The van der Waals surface area contributed by atoms with Gasteiger partial charge in [-0.15, -0.1) is 0 Å². The molecule has 0 fully saturated rings. The topological polar surface area (TPSA) is 56.1 Å². The highest BCUT2D eigenvalue weighted by molar-refractivity contribution is 5.90. The molecule has 27 heavy (non-hydrogen) atoms. The highest BCUT2D eigenvalue weighted by Gasteiger charge is 2.09. The van der Waals surface area contributed by atoms with Gasteiger partial charge in [-0.2, -0.15) is 9.78 Å². The molecule has 3 aromatic carbocycles. The van der Waals surface area contributed by atoms with Crippen LogP contribution < -0.4 is 10.1 Å². The molecule has 0 aliphatic heterocycles. The Balaban J connectivity index is 1.42. The van der Waals surface area contributed by atoms with E-state index in [0.717, 1.165) is 17.0 Å². The van der Waals surface area contributed by atoms with E-state index >= 15 is 0 Å². The lowest BCUT2D eigenvalue weighted by Gasteiger charge is -2.08. The summed E-state index contributed by atoms with van der Waals surface area (Å²) in [6, 6.07) is 27.9. The van der Waals surface area contributed by atoms with Crippen LogP contribution in [0.2, 0.25) is 0 Å². The minimum Gasteiger partial charge on any atom is -0.457 e. The lowest BCUT2D eigenvalue weighted by Crippen LogP contribution is -2.19. The van der Waals surface area contributed by atoms with Crippen LogP contribution in [0.25, 0.3) is 11.3 Å². The van der Waals surface area contributed by atoms with Gasteiger partial charge in [0.1, 0.15) is 11.5 Å². The second-order valence-corrected chi connectivity index (χ2v) is 5.88. The molecule has 0 aliphatic carbocycles. The molecule has 0 radical (unpaired) electrons. The Morgan fingerprint density at radius 2 is 1.41 bits per heavy atom. The number of hydrogen-bond donors (Lipinski definition) is 1. The molecule has 0 spiro atoms.